The van der Waals surface area contributed by atoms with Gasteiger partial charge in [0.1, 0.15) is 17.1 Å². The van der Waals surface area contributed by atoms with Gasteiger partial charge in [-0.2, -0.15) is 4.98 Å². The molecule has 2 aliphatic rings. The van der Waals surface area contributed by atoms with Crippen LogP contribution in [0.25, 0.3) is 28.2 Å². The predicted molar refractivity (Wildman–Crippen MR) is 123 cm³/mol. The Kier molecular flexibility index (Phi) is 4.05. The lowest BCUT2D eigenvalue weighted by atomic mass is 9.89. The number of nitrogens with zero attached hydrogens (tertiary/aromatic N) is 7. The molecule has 4 aromatic rings. The first kappa shape index (κ1) is 18.9. The summed E-state index contributed by atoms with van der Waals surface area (Å²) >= 11 is 0. The zero-order valence-electron chi connectivity index (χ0n) is 18.1. The fraction of sp³-hybridized carbons (Fsp3) is 0.292. The van der Waals surface area contributed by atoms with Crippen LogP contribution < -0.4 is 9.80 Å². The number of hydrogen-bond donors (Lipinski definition) is 0. The fourth-order valence-electron chi connectivity index (χ4n) is 5.13. The summed E-state index contributed by atoms with van der Waals surface area (Å²) in [5.74, 6) is 2.20. The average molecular weight is 425 g/mol. The molecule has 8 nitrogen and oxygen atoms in total. The lowest BCUT2D eigenvalue weighted by Gasteiger charge is -2.45. The highest BCUT2D eigenvalue weighted by molar-refractivity contribution is 6.07. The number of imidazole rings is 1. The van der Waals surface area contributed by atoms with Gasteiger partial charge in [0.15, 0.2) is 5.82 Å². The Hall–Kier alpha value is -3.81. The van der Waals surface area contributed by atoms with E-state index in [1.54, 1.807) is 17.3 Å². The molecule has 1 unspecified atom stereocenters. The highest BCUT2D eigenvalue weighted by atomic mass is 16.2. The molecule has 1 aromatic carbocycles. The summed E-state index contributed by atoms with van der Waals surface area (Å²) in [5.41, 5.74) is 2.08. The number of para-hydroxylation sites is 1. The first-order chi connectivity index (χ1) is 15.6. The molecule has 1 amide bonds. The van der Waals surface area contributed by atoms with Crippen molar-refractivity contribution in [1.82, 2.24) is 24.5 Å². The molecule has 160 valence electrons. The Morgan fingerprint density at radius 1 is 1.12 bits per heavy atom. The van der Waals surface area contributed by atoms with E-state index >= 15 is 0 Å². The van der Waals surface area contributed by atoms with Crippen molar-refractivity contribution >= 4 is 28.3 Å². The van der Waals surface area contributed by atoms with E-state index in [0.29, 0.717) is 5.95 Å². The molecule has 3 aromatic heterocycles. The summed E-state index contributed by atoms with van der Waals surface area (Å²) in [7, 11) is 1.82. The summed E-state index contributed by atoms with van der Waals surface area (Å²) in [4.78, 5) is 35.8. The molecular formula is C24H23N7O. The summed E-state index contributed by atoms with van der Waals surface area (Å²) < 4.78 is 1.88. The van der Waals surface area contributed by atoms with Crippen molar-refractivity contribution in [1.29, 1.82) is 0 Å². The number of benzene rings is 1. The molecule has 0 aliphatic carbocycles. The summed E-state index contributed by atoms with van der Waals surface area (Å²) in [6, 6.07) is 10.1. The van der Waals surface area contributed by atoms with Crippen molar-refractivity contribution in [3.8, 4) is 17.3 Å². The topological polar surface area (TPSA) is 80.0 Å². The van der Waals surface area contributed by atoms with Gasteiger partial charge < -0.3 is 9.80 Å². The molecule has 0 radical (unpaired) electrons. The Labute approximate surface area is 185 Å². The van der Waals surface area contributed by atoms with E-state index in [9.17, 15) is 4.79 Å². The van der Waals surface area contributed by atoms with Gasteiger partial charge in [-0.15, -0.1) is 0 Å². The second-order valence-corrected chi connectivity index (χ2v) is 8.42. The number of likely N-dealkylation sites (N-methyl/N-ethyl adjacent to an activating group) is 1. The third kappa shape index (κ3) is 2.52. The Bertz CT molecular complexity index is 1360. The van der Waals surface area contributed by atoms with E-state index in [-0.39, 0.29) is 5.91 Å². The van der Waals surface area contributed by atoms with Crippen molar-refractivity contribution in [2.45, 2.75) is 31.7 Å². The first-order valence-corrected chi connectivity index (χ1v) is 10.9. The largest absolute Gasteiger partial charge is 0.340 e. The molecule has 0 spiro atoms. The minimum absolute atomic E-state index is 0.131. The molecule has 1 saturated heterocycles. The lowest BCUT2D eigenvalue weighted by molar-refractivity contribution is -0.123. The number of hydrogen-bond acceptors (Lipinski definition) is 6. The number of carbonyl (C=O) groups excluding carboxylic acids is 1. The SMILES string of the molecule is CCC12CCCN1c1nc(-n3ccnc3-c3cnc4ccccc4c3)ncc1N(C)C2=O. The Morgan fingerprint density at radius 3 is 2.88 bits per heavy atom. The molecule has 2 aliphatic heterocycles. The normalized spacial score (nSPS) is 20.0. The van der Waals surface area contributed by atoms with E-state index in [4.69, 9.17) is 4.98 Å². The number of fused-ring (bicyclic) bond motifs is 4. The number of rotatable bonds is 3. The standard InChI is InChI=1S/C24H23N7O/c1-3-24-9-6-11-31(24)21-19(29(2)22(24)32)15-27-23(28-21)30-12-10-25-20(30)17-13-16-7-4-5-8-18(16)26-14-17/h4-5,7-8,10,12-15H,3,6,9,11H2,1-2H3. The quantitative estimate of drug-likeness (QED) is 0.499. The molecule has 6 rings (SSSR count). The number of carbonyl (C=O) groups is 1. The molecule has 8 heteroatoms. The zero-order chi connectivity index (χ0) is 21.9. The van der Waals surface area contributed by atoms with Gasteiger partial charge in [0.2, 0.25) is 5.95 Å². The van der Waals surface area contributed by atoms with Crippen LogP contribution in [0.1, 0.15) is 26.2 Å². The minimum atomic E-state index is -0.507. The van der Waals surface area contributed by atoms with Crippen molar-refractivity contribution in [3.63, 3.8) is 0 Å². The van der Waals surface area contributed by atoms with Gasteiger partial charge in [0.25, 0.3) is 5.91 Å². The van der Waals surface area contributed by atoms with Gasteiger partial charge in [0, 0.05) is 43.1 Å². The van der Waals surface area contributed by atoms with E-state index in [2.05, 4.69) is 32.8 Å². The highest BCUT2D eigenvalue weighted by Crippen LogP contribution is 2.45. The van der Waals surface area contributed by atoms with Crippen LogP contribution in [0.2, 0.25) is 0 Å². The molecule has 1 atom stereocenters. The average Bonchev–Trinajstić information content (AvgIpc) is 3.50. The van der Waals surface area contributed by atoms with Gasteiger partial charge in [0.05, 0.1) is 11.7 Å². The molecule has 1 fully saturated rings. The first-order valence-electron chi connectivity index (χ1n) is 10.9. The van der Waals surface area contributed by atoms with Gasteiger partial charge in [-0.3, -0.25) is 14.3 Å². The van der Waals surface area contributed by atoms with Crippen LogP contribution in [0.4, 0.5) is 11.5 Å². The summed E-state index contributed by atoms with van der Waals surface area (Å²) in [5, 5.41) is 1.05. The second-order valence-electron chi connectivity index (χ2n) is 8.42. The Morgan fingerprint density at radius 2 is 2.00 bits per heavy atom. The van der Waals surface area contributed by atoms with E-state index in [1.165, 1.54) is 0 Å². The smallest absolute Gasteiger partial charge is 0.252 e. The lowest BCUT2D eigenvalue weighted by Crippen LogP contribution is -2.59. The van der Waals surface area contributed by atoms with E-state index < -0.39 is 5.54 Å². The second kappa shape index (κ2) is 6.85. The van der Waals surface area contributed by atoms with Crippen LogP contribution >= 0.6 is 0 Å². The summed E-state index contributed by atoms with van der Waals surface area (Å²) in [6.45, 7) is 2.90. The maximum absolute atomic E-state index is 13.2. The van der Waals surface area contributed by atoms with Crippen LogP contribution in [-0.4, -0.2) is 49.5 Å². The number of amides is 1. The van der Waals surface area contributed by atoms with Crippen molar-refractivity contribution in [2.24, 2.45) is 0 Å². The molecule has 0 bridgehead atoms. The molecule has 0 N–H and O–H groups in total. The molecular weight excluding hydrogens is 402 g/mol. The molecule has 5 heterocycles. The fourth-order valence-corrected chi connectivity index (χ4v) is 5.13. The molecule has 32 heavy (non-hydrogen) atoms. The van der Waals surface area contributed by atoms with Crippen LogP contribution in [0.15, 0.2) is 55.1 Å². The van der Waals surface area contributed by atoms with Crippen LogP contribution in [-0.2, 0) is 4.79 Å². The monoisotopic (exact) mass is 425 g/mol. The number of pyridine rings is 1. The van der Waals surface area contributed by atoms with Crippen molar-refractivity contribution in [2.75, 3.05) is 23.4 Å². The minimum Gasteiger partial charge on any atom is -0.340 e. The Balaban J connectivity index is 1.47. The maximum atomic E-state index is 13.2. The zero-order valence-corrected chi connectivity index (χ0v) is 18.1. The van der Waals surface area contributed by atoms with Crippen molar-refractivity contribution < 1.29 is 4.79 Å². The maximum Gasteiger partial charge on any atom is 0.252 e. The van der Waals surface area contributed by atoms with Crippen molar-refractivity contribution in [3.05, 3.63) is 55.1 Å². The molecule has 0 saturated carbocycles. The summed E-state index contributed by atoms with van der Waals surface area (Å²) in [6.07, 6.45) is 9.77. The number of aromatic nitrogens is 5. The third-order valence-corrected chi connectivity index (χ3v) is 6.84. The van der Waals surface area contributed by atoms with Crippen LogP contribution in [0.5, 0.6) is 0 Å². The van der Waals surface area contributed by atoms with E-state index in [1.807, 2.05) is 48.3 Å². The predicted octanol–water partition coefficient (Wildman–Crippen LogP) is 3.60. The van der Waals surface area contributed by atoms with Gasteiger partial charge >= 0.3 is 0 Å². The van der Waals surface area contributed by atoms with Crippen LogP contribution in [0.3, 0.4) is 0 Å². The third-order valence-electron chi connectivity index (χ3n) is 6.84. The van der Waals surface area contributed by atoms with Gasteiger partial charge in [-0.25, -0.2) is 9.97 Å². The van der Waals surface area contributed by atoms with Crippen LogP contribution in [0, 0.1) is 0 Å². The van der Waals surface area contributed by atoms with Gasteiger partial charge in [-0.05, 0) is 31.4 Å². The highest BCUT2D eigenvalue weighted by Gasteiger charge is 2.52. The number of anilines is 2. The van der Waals surface area contributed by atoms with E-state index in [0.717, 1.165) is 59.6 Å². The van der Waals surface area contributed by atoms with Gasteiger partial charge in [-0.1, -0.05) is 25.1 Å².